The van der Waals surface area contributed by atoms with Gasteiger partial charge in [-0.25, -0.2) is 0 Å². The molecule has 0 saturated carbocycles. The monoisotopic (exact) mass is 227 g/mol. The van der Waals surface area contributed by atoms with Crippen LogP contribution in [0.3, 0.4) is 0 Å². The molecule has 1 unspecified atom stereocenters. The quantitative estimate of drug-likeness (QED) is 0.776. The second kappa shape index (κ2) is 5.19. The van der Waals surface area contributed by atoms with Crippen LogP contribution in [0, 0.1) is 0 Å². The third kappa shape index (κ3) is 2.75. The van der Waals surface area contributed by atoms with Crippen molar-refractivity contribution in [3.8, 4) is 0 Å². The predicted molar refractivity (Wildman–Crippen MR) is 66.3 cm³/mol. The van der Waals surface area contributed by atoms with Crippen LogP contribution < -0.4 is 0 Å². The molecule has 0 radical (unpaired) electrons. The van der Waals surface area contributed by atoms with Crippen molar-refractivity contribution in [3.63, 3.8) is 0 Å². The van der Waals surface area contributed by atoms with Gasteiger partial charge in [0.05, 0.1) is 0 Å². The van der Waals surface area contributed by atoms with Crippen LogP contribution in [0.15, 0.2) is 17.5 Å². The van der Waals surface area contributed by atoms with Gasteiger partial charge in [0.15, 0.2) is 0 Å². The van der Waals surface area contributed by atoms with Gasteiger partial charge in [-0.05, 0) is 37.4 Å². The van der Waals surface area contributed by atoms with Gasteiger partial charge in [-0.2, -0.15) is 12.6 Å². The number of thiophene rings is 1. The van der Waals surface area contributed by atoms with Gasteiger partial charge in [0.2, 0.25) is 0 Å². The summed E-state index contributed by atoms with van der Waals surface area (Å²) in [5, 5.41) is 2.54. The molecule has 1 aliphatic heterocycles. The molecule has 2 rings (SSSR count). The second-order valence-electron chi connectivity index (χ2n) is 3.89. The summed E-state index contributed by atoms with van der Waals surface area (Å²) in [6.07, 6.45) is 4.14. The van der Waals surface area contributed by atoms with E-state index in [4.69, 9.17) is 0 Å². The van der Waals surface area contributed by atoms with Crippen LogP contribution >= 0.6 is 24.0 Å². The zero-order chi connectivity index (χ0) is 9.80. The maximum atomic E-state index is 4.66. The molecular weight excluding hydrogens is 210 g/mol. The van der Waals surface area contributed by atoms with Gasteiger partial charge in [0.25, 0.3) is 0 Å². The minimum atomic E-state index is 0.410. The number of likely N-dealkylation sites (tertiary alicyclic amines) is 1. The van der Waals surface area contributed by atoms with Crippen molar-refractivity contribution in [1.29, 1.82) is 0 Å². The van der Waals surface area contributed by atoms with Crippen LogP contribution in [-0.2, 0) is 0 Å². The topological polar surface area (TPSA) is 3.24 Å². The lowest BCUT2D eigenvalue weighted by atomic mass is 10.1. The highest BCUT2D eigenvalue weighted by Crippen LogP contribution is 2.26. The third-order valence-corrected chi connectivity index (χ3v) is 4.35. The second-order valence-corrected chi connectivity index (χ2v) is 5.50. The highest BCUT2D eigenvalue weighted by atomic mass is 32.1. The summed E-state index contributed by atoms with van der Waals surface area (Å²) in [5.74, 6) is 0. The van der Waals surface area contributed by atoms with Crippen molar-refractivity contribution in [2.24, 2.45) is 0 Å². The Balaban J connectivity index is 1.84. The molecule has 1 aliphatic rings. The van der Waals surface area contributed by atoms with Crippen molar-refractivity contribution in [2.75, 3.05) is 19.6 Å². The normalized spacial score (nSPS) is 20.9. The molecule has 0 aromatic carbocycles. The molecule has 0 spiro atoms. The maximum absolute atomic E-state index is 4.66. The summed E-state index contributed by atoms with van der Waals surface area (Å²) in [6, 6.07) is 4.30. The van der Waals surface area contributed by atoms with Gasteiger partial charge in [-0.1, -0.05) is 12.5 Å². The fraction of sp³-hybridized carbons (Fsp3) is 0.636. The van der Waals surface area contributed by atoms with Crippen LogP contribution in [0.5, 0.6) is 0 Å². The molecule has 78 valence electrons. The highest BCUT2D eigenvalue weighted by Gasteiger charge is 2.15. The van der Waals surface area contributed by atoms with Crippen molar-refractivity contribution < 1.29 is 0 Å². The van der Waals surface area contributed by atoms with Gasteiger partial charge >= 0.3 is 0 Å². The predicted octanol–water partition coefficient (Wildman–Crippen LogP) is 3.20. The molecule has 3 heteroatoms. The number of rotatable bonds is 3. The van der Waals surface area contributed by atoms with E-state index in [9.17, 15) is 0 Å². The molecule has 0 amide bonds. The van der Waals surface area contributed by atoms with E-state index in [1.54, 1.807) is 0 Å². The first-order valence-corrected chi connectivity index (χ1v) is 6.70. The van der Waals surface area contributed by atoms with E-state index in [0.29, 0.717) is 5.25 Å². The highest BCUT2D eigenvalue weighted by molar-refractivity contribution is 7.80. The van der Waals surface area contributed by atoms with E-state index >= 15 is 0 Å². The fourth-order valence-corrected chi connectivity index (χ4v) is 3.16. The Morgan fingerprint density at radius 1 is 1.36 bits per heavy atom. The Hall–Kier alpha value is 0.01000. The van der Waals surface area contributed by atoms with Crippen molar-refractivity contribution in [2.45, 2.75) is 24.5 Å². The number of piperidine rings is 1. The van der Waals surface area contributed by atoms with Crippen molar-refractivity contribution in [3.05, 3.63) is 22.4 Å². The molecule has 0 N–H and O–H groups in total. The van der Waals surface area contributed by atoms with Gasteiger partial charge in [-0.15, -0.1) is 11.3 Å². The zero-order valence-electron chi connectivity index (χ0n) is 8.35. The van der Waals surface area contributed by atoms with E-state index in [-0.39, 0.29) is 0 Å². The number of nitrogens with zero attached hydrogens (tertiary/aromatic N) is 1. The molecule has 1 fully saturated rings. The molecular formula is C11H17NS2. The molecule has 1 atom stereocenters. The number of hydrogen-bond acceptors (Lipinski definition) is 3. The Morgan fingerprint density at radius 2 is 2.14 bits per heavy atom. The molecule has 1 saturated heterocycles. The third-order valence-electron chi connectivity index (χ3n) is 2.75. The van der Waals surface area contributed by atoms with Gasteiger partial charge in [-0.3, -0.25) is 0 Å². The molecule has 2 heterocycles. The molecule has 1 aromatic rings. The van der Waals surface area contributed by atoms with Crippen LogP contribution in [0.25, 0.3) is 0 Å². The van der Waals surface area contributed by atoms with Crippen LogP contribution in [0.4, 0.5) is 0 Å². The standard InChI is InChI=1S/C11H17NS2/c13-10(11-5-4-8-14-11)9-12-6-2-1-3-7-12/h4-5,8,10,13H,1-3,6-7,9H2. The van der Waals surface area contributed by atoms with E-state index in [1.807, 2.05) is 11.3 Å². The Morgan fingerprint density at radius 3 is 2.79 bits per heavy atom. The Kier molecular flexibility index (Phi) is 3.90. The average molecular weight is 227 g/mol. The summed E-state index contributed by atoms with van der Waals surface area (Å²) >= 11 is 6.48. The average Bonchev–Trinajstić information content (AvgIpc) is 2.72. The lowest BCUT2D eigenvalue weighted by Crippen LogP contribution is -2.32. The first kappa shape index (κ1) is 10.5. The summed E-state index contributed by atoms with van der Waals surface area (Å²) in [4.78, 5) is 3.94. The van der Waals surface area contributed by atoms with Crippen molar-refractivity contribution in [1.82, 2.24) is 4.90 Å². The first-order chi connectivity index (χ1) is 6.86. The largest absolute Gasteiger partial charge is 0.302 e. The number of hydrogen-bond donors (Lipinski definition) is 1. The minimum Gasteiger partial charge on any atom is -0.302 e. The zero-order valence-corrected chi connectivity index (χ0v) is 10.1. The SMILES string of the molecule is SC(CN1CCCCC1)c1cccs1. The molecule has 14 heavy (non-hydrogen) atoms. The van der Waals surface area contributed by atoms with Gasteiger partial charge in [0.1, 0.15) is 0 Å². The lowest BCUT2D eigenvalue weighted by molar-refractivity contribution is 0.231. The summed E-state index contributed by atoms with van der Waals surface area (Å²) in [5.41, 5.74) is 0. The summed E-state index contributed by atoms with van der Waals surface area (Å²) in [7, 11) is 0. The summed E-state index contributed by atoms with van der Waals surface area (Å²) in [6.45, 7) is 3.65. The first-order valence-electron chi connectivity index (χ1n) is 5.30. The molecule has 0 aliphatic carbocycles. The molecule has 0 bridgehead atoms. The minimum absolute atomic E-state index is 0.410. The smallest absolute Gasteiger partial charge is 0.0488 e. The molecule has 1 nitrogen and oxygen atoms in total. The Bertz CT molecular complexity index is 252. The summed E-state index contributed by atoms with van der Waals surface area (Å²) < 4.78 is 0. The molecule has 1 aromatic heterocycles. The van der Waals surface area contributed by atoms with Gasteiger partial charge < -0.3 is 4.90 Å². The van der Waals surface area contributed by atoms with Crippen molar-refractivity contribution >= 4 is 24.0 Å². The van der Waals surface area contributed by atoms with Crippen LogP contribution in [-0.4, -0.2) is 24.5 Å². The van der Waals surface area contributed by atoms with Crippen LogP contribution in [0.2, 0.25) is 0 Å². The fourth-order valence-electron chi connectivity index (χ4n) is 1.96. The van der Waals surface area contributed by atoms with E-state index < -0.39 is 0 Å². The maximum Gasteiger partial charge on any atom is 0.0488 e. The van der Waals surface area contributed by atoms with Crippen LogP contribution in [0.1, 0.15) is 29.4 Å². The van der Waals surface area contributed by atoms with E-state index in [2.05, 4.69) is 35.0 Å². The Labute approximate surface area is 95.5 Å². The van der Waals surface area contributed by atoms with E-state index in [0.717, 1.165) is 6.54 Å². The lowest BCUT2D eigenvalue weighted by Gasteiger charge is -2.28. The van der Waals surface area contributed by atoms with E-state index in [1.165, 1.54) is 37.2 Å². The van der Waals surface area contributed by atoms with Gasteiger partial charge in [0, 0.05) is 16.7 Å². The number of thiol groups is 1.